The minimum absolute atomic E-state index is 0.0324. The Labute approximate surface area is 185 Å². The third-order valence-corrected chi connectivity index (χ3v) is 4.06. The summed E-state index contributed by atoms with van der Waals surface area (Å²) in [6.07, 6.45) is -0.721. The Balaban J connectivity index is 2.56. The molecule has 1 atom stereocenters. The van der Waals surface area contributed by atoms with Crippen molar-refractivity contribution < 1.29 is 34.5 Å². The zero-order valence-corrected chi connectivity index (χ0v) is 18.4. The van der Waals surface area contributed by atoms with Gasteiger partial charge in [0.25, 0.3) is 10.2 Å². The van der Waals surface area contributed by atoms with Gasteiger partial charge in [-0.3, -0.25) is 4.79 Å². The van der Waals surface area contributed by atoms with Crippen LogP contribution in [-0.4, -0.2) is 77.2 Å². The van der Waals surface area contributed by atoms with Gasteiger partial charge in [0.05, 0.1) is 6.42 Å². The quantitative estimate of drug-likeness (QED) is 0.281. The Morgan fingerprint density at radius 1 is 1.09 bits per heavy atom. The van der Waals surface area contributed by atoms with E-state index in [2.05, 4.69) is 15.0 Å². The minimum atomic E-state index is -0.981. The highest BCUT2D eigenvalue weighted by Crippen LogP contribution is 2.14. The molecule has 0 aliphatic carbocycles. The molecule has 0 heterocycles. The van der Waals surface area contributed by atoms with Crippen LogP contribution in [0.3, 0.4) is 0 Å². The fourth-order valence-corrected chi connectivity index (χ4v) is 2.48. The topological polar surface area (TPSA) is 167 Å². The molecular weight excluding hydrogens is 428 g/mol. The van der Waals surface area contributed by atoms with Crippen LogP contribution in [0.4, 0.5) is 0 Å². The van der Waals surface area contributed by atoms with Gasteiger partial charge < -0.3 is 29.7 Å². The Hall–Kier alpha value is -3.19. The first-order valence-corrected chi connectivity index (χ1v) is 9.93. The number of β-amino-alcohol motifs (C(OH)–C–C–N with tert-alkyl or cyclic N) is 1. The summed E-state index contributed by atoms with van der Waals surface area (Å²) in [4.78, 5) is 42.7. The number of nitrogens with zero attached hydrogens (tertiary/aromatic N) is 3. The van der Waals surface area contributed by atoms with Crippen molar-refractivity contribution in [1.29, 1.82) is 0 Å². The fraction of sp³-hybridized carbons (Fsp3) is 0.632. The molecule has 0 saturated heterocycles. The number of ether oxygens (including phenoxy) is 1. The summed E-state index contributed by atoms with van der Waals surface area (Å²) >= 11 is 0. The summed E-state index contributed by atoms with van der Waals surface area (Å²) < 4.78 is 5.55. The molecule has 32 heavy (non-hydrogen) atoms. The number of benzene rings is 1. The first-order valence-electron chi connectivity index (χ1n) is 9.93. The van der Waals surface area contributed by atoms with E-state index in [0.29, 0.717) is 17.9 Å². The maximum atomic E-state index is 12.5. The molecule has 0 fully saturated rings. The predicted octanol–water partition coefficient (Wildman–Crippen LogP) is 0.602. The normalized spacial score (nSPS) is 12.0. The van der Waals surface area contributed by atoms with E-state index in [4.69, 9.17) is 4.74 Å². The lowest BCUT2D eigenvalue weighted by Crippen LogP contribution is -2.42. The van der Waals surface area contributed by atoms with E-state index in [1.54, 1.807) is 24.3 Å². The van der Waals surface area contributed by atoms with E-state index in [1.807, 2.05) is 20.8 Å². The van der Waals surface area contributed by atoms with Crippen LogP contribution in [-0.2, 0) is 20.9 Å². The van der Waals surface area contributed by atoms with Crippen molar-refractivity contribution >= 4 is 5.91 Å². The van der Waals surface area contributed by atoms with Gasteiger partial charge in [-0.15, -0.1) is 20.2 Å². The van der Waals surface area contributed by atoms with Crippen molar-refractivity contribution in [2.75, 3.05) is 39.5 Å². The summed E-state index contributed by atoms with van der Waals surface area (Å²) in [5.74, 6) is 0.118. The average molecular weight is 458 g/mol. The van der Waals surface area contributed by atoms with Crippen LogP contribution in [0.15, 0.2) is 24.3 Å². The highest BCUT2D eigenvalue weighted by Gasteiger charge is 2.16. The Morgan fingerprint density at radius 3 is 2.09 bits per heavy atom. The largest absolute Gasteiger partial charge is 0.491 e. The van der Waals surface area contributed by atoms with Crippen LogP contribution < -0.4 is 10.1 Å². The Morgan fingerprint density at radius 2 is 1.62 bits per heavy atom. The fourth-order valence-electron chi connectivity index (χ4n) is 2.48. The molecule has 1 aromatic carbocycles. The Bertz CT molecular complexity index is 717. The molecule has 0 spiro atoms. The van der Waals surface area contributed by atoms with Crippen LogP contribution in [0, 0.1) is 20.2 Å². The second kappa shape index (κ2) is 13.3. The molecule has 13 heteroatoms. The van der Waals surface area contributed by atoms with Gasteiger partial charge in [0, 0.05) is 25.2 Å². The second-order valence-electron chi connectivity index (χ2n) is 7.91. The summed E-state index contributed by atoms with van der Waals surface area (Å²) in [7, 11) is 0. The zero-order chi connectivity index (χ0) is 24.1. The van der Waals surface area contributed by atoms with E-state index in [-0.39, 0.29) is 44.9 Å². The summed E-state index contributed by atoms with van der Waals surface area (Å²) in [6, 6.07) is 6.66. The molecule has 0 bridgehead atoms. The third-order valence-electron chi connectivity index (χ3n) is 4.06. The molecule has 0 radical (unpaired) electrons. The Kier molecular flexibility index (Phi) is 11.1. The number of aliphatic hydroxyl groups excluding tert-OH is 1. The van der Waals surface area contributed by atoms with Gasteiger partial charge in [0.1, 0.15) is 31.7 Å². The molecule has 0 aromatic heterocycles. The van der Waals surface area contributed by atoms with E-state index in [0.717, 1.165) is 0 Å². The molecule has 1 amide bonds. The highest BCUT2D eigenvalue weighted by molar-refractivity contribution is 5.78. The third kappa shape index (κ3) is 12.5. The number of hydrogen-bond acceptors (Lipinski definition) is 10. The van der Waals surface area contributed by atoms with Crippen LogP contribution in [0.25, 0.3) is 0 Å². The van der Waals surface area contributed by atoms with Crippen molar-refractivity contribution in [3.05, 3.63) is 50.1 Å². The molecule has 0 aliphatic heterocycles. The first-order chi connectivity index (χ1) is 15.0. The minimum Gasteiger partial charge on any atom is -0.491 e. The van der Waals surface area contributed by atoms with Crippen molar-refractivity contribution in [2.45, 2.75) is 38.8 Å². The van der Waals surface area contributed by atoms with Crippen LogP contribution in [0.2, 0.25) is 0 Å². The van der Waals surface area contributed by atoms with Crippen molar-refractivity contribution in [2.24, 2.45) is 0 Å². The number of aliphatic hydroxyl groups is 1. The van der Waals surface area contributed by atoms with Crippen LogP contribution in [0.5, 0.6) is 5.75 Å². The smallest absolute Gasteiger partial charge is 0.294 e. The lowest BCUT2D eigenvalue weighted by molar-refractivity contribution is -0.758. The van der Waals surface area contributed by atoms with Gasteiger partial charge in [-0.2, -0.15) is 0 Å². The number of carbonyl (C=O) groups excluding carboxylic acids is 1. The summed E-state index contributed by atoms with van der Waals surface area (Å²) in [5.41, 5.74) is 0.529. The number of hydrogen-bond donors (Lipinski definition) is 2. The van der Waals surface area contributed by atoms with Gasteiger partial charge >= 0.3 is 0 Å². The molecule has 1 rings (SSSR count). The van der Waals surface area contributed by atoms with Gasteiger partial charge in [0.2, 0.25) is 5.91 Å². The van der Waals surface area contributed by atoms with E-state index in [9.17, 15) is 30.1 Å². The predicted molar refractivity (Wildman–Crippen MR) is 112 cm³/mol. The average Bonchev–Trinajstić information content (AvgIpc) is 2.69. The SMILES string of the molecule is CC(C)(C)NCC(O)COc1ccc(CC(=O)N(CCO[N+](=O)[O-])CCO[N+](=O)[O-])cc1. The summed E-state index contributed by atoms with van der Waals surface area (Å²) in [6.45, 7) is 5.48. The molecule has 0 aliphatic rings. The van der Waals surface area contributed by atoms with Crippen LogP contribution >= 0.6 is 0 Å². The standard InChI is InChI=1S/C19H30N4O9/c1-19(2,3)20-13-16(24)14-30-17-6-4-15(5-7-17)12-18(25)21(8-10-31-22(26)27)9-11-32-23(28)29/h4-7,16,20,24H,8-14H2,1-3H3. The molecule has 1 aromatic rings. The monoisotopic (exact) mass is 458 g/mol. The lowest BCUT2D eigenvalue weighted by Gasteiger charge is -2.23. The number of carbonyl (C=O) groups is 1. The number of rotatable bonds is 15. The van der Waals surface area contributed by atoms with Crippen LogP contribution in [0.1, 0.15) is 26.3 Å². The van der Waals surface area contributed by atoms with Gasteiger partial charge in [0.15, 0.2) is 0 Å². The number of nitrogens with one attached hydrogen (secondary N) is 1. The van der Waals surface area contributed by atoms with Gasteiger partial charge in [-0.05, 0) is 38.5 Å². The molecule has 1 unspecified atom stereocenters. The van der Waals surface area contributed by atoms with Gasteiger partial charge in [-0.1, -0.05) is 12.1 Å². The molecule has 0 saturated carbocycles. The lowest BCUT2D eigenvalue weighted by atomic mass is 10.1. The number of amides is 1. The molecule has 2 N–H and O–H groups in total. The molecule has 180 valence electrons. The maximum absolute atomic E-state index is 12.5. The van der Waals surface area contributed by atoms with E-state index < -0.39 is 22.2 Å². The van der Waals surface area contributed by atoms with E-state index in [1.165, 1.54) is 4.90 Å². The highest BCUT2D eigenvalue weighted by atomic mass is 17.0. The summed E-state index contributed by atoms with van der Waals surface area (Å²) in [5, 5.41) is 31.8. The van der Waals surface area contributed by atoms with Crippen molar-refractivity contribution in [1.82, 2.24) is 10.2 Å². The van der Waals surface area contributed by atoms with Crippen molar-refractivity contribution in [3.63, 3.8) is 0 Å². The molecule has 13 nitrogen and oxygen atoms in total. The molecular formula is C19H30N4O9. The first kappa shape index (κ1) is 26.8. The van der Waals surface area contributed by atoms with Gasteiger partial charge in [-0.25, -0.2) is 0 Å². The van der Waals surface area contributed by atoms with E-state index >= 15 is 0 Å². The zero-order valence-electron chi connectivity index (χ0n) is 18.4. The maximum Gasteiger partial charge on any atom is 0.294 e. The van der Waals surface area contributed by atoms with Crippen molar-refractivity contribution in [3.8, 4) is 5.75 Å². The second-order valence-corrected chi connectivity index (χ2v) is 7.91.